The van der Waals surface area contributed by atoms with E-state index in [1.54, 1.807) is 12.1 Å². The van der Waals surface area contributed by atoms with E-state index >= 15 is 0 Å². The first-order valence-electron chi connectivity index (χ1n) is 29.9. The molecule has 0 saturated carbocycles. The van der Waals surface area contributed by atoms with E-state index in [0.717, 1.165) is 86.1 Å². The molecule has 0 atom stereocenters. The van der Waals surface area contributed by atoms with Gasteiger partial charge in [-0.25, -0.2) is 16.8 Å². The molecular formula is C64H102CaO6S2. The van der Waals surface area contributed by atoms with Crippen LogP contribution in [0.5, 0.6) is 0 Å². The maximum absolute atomic E-state index is 12.0. The fourth-order valence-electron chi connectivity index (χ4n) is 10.5. The first-order chi connectivity index (χ1) is 34.9. The monoisotopic (exact) mass is 1070 g/mol. The van der Waals surface area contributed by atoms with Gasteiger partial charge >= 0.3 is 37.7 Å². The van der Waals surface area contributed by atoms with Crippen LogP contribution in [0.15, 0.2) is 70.5 Å². The summed E-state index contributed by atoms with van der Waals surface area (Å²) < 4.78 is 72.0. The number of benzene rings is 4. The zero-order chi connectivity index (χ0) is 52.1. The van der Waals surface area contributed by atoms with Crippen molar-refractivity contribution in [2.45, 2.75) is 294 Å². The third-order valence-corrected chi connectivity index (χ3v) is 16.6. The Kier molecular flexibility index (Phi) is 38.5. The summed E-state index contributed by atoms with van der Waals surface area (Å²) in [6, 6.07) is 19.3. The normalized spacial score (nSPS) is 11.8. The van der Waals surface area contributed by atoms with Crippen molar-refractivity contribution in [3.8, 4) is 0 Å². The smallest absolute Gasteiger partial charge is 0.744 e. The van der Waals surface area contributed by atoms with Crippen molar-refractivity contribution in [1.29, 1.82) is 0 Å². The number of rotatable bonds is 42. The van der Waals surface area contributed by atoms with Crippen molar-refractivity contribution in [3.05, 3.63) is 82.9 Å². The summed E-state index contributed by atoms with van der Waals surface area (Å²) in [6.07, 6.45) is 49.9. The summed E-state index contributed by atoms with van der Waals surface area (Å²) in [5.74, 6) is 0. The van der Waals surface area contributed by atoms with Gasteiger partial charge < -0.3 is 9.11 Å². The predicted molar refractivity (Wildman–Crippen MR) is 313 cm³/mol. The average molecular weight is 1070 g/mol. The van der Waals surface area contributed by atoms with Gasteiger partial charge in [-0.15, -0.1) is 0 Å². The van der Waals surface area contributed by atoms with E-state index in [1.165, 1.54) is 204 Å². The first kappa shape index (κ1) is 67.6. The van der Waals surface area contributed by atoms with Crippen LogP contribution in [0.3, 0.4) is 0 Å². The first-order valence-corrected chi connectivity index (χ1v) is 32.8. The molecule has 0 aliphatic rings. The molecule has 4 aromatic rings. The number of unbranched alkanes of at least 4 members (excludes halogenated alkanes) is 32. The van der Waals surface area contributed by atoms with Crippen LogP contribution in [0.2, 0.25) is 0 Å². The molecule has 0 spiro atoms. The molecule has 0 N–H and O–H groups in total. The topological polar surface area (TPSA) is 114 Å². The zero-order valence-corrected chi connectivity index (χ0v) is 50.9. The van der Waals surface area contributed by atoms with Crippen LogP contribution in [-0.2, 0) is 45.9 Å². The second-order valence-electron chi connectivity index (χ2n) is 21.5. The second-order valence-corrected chi connectivity index (χ2v) is 24.2. The van der Waals surface area contributed by atoms with Crippen LogP contribution in [0.25, 0.3) is 21.5 Å². The molecule has 0 unspecified atom stereocenters. The van der Waals surface area contributed by atoms with Gasteiger partial charge in [-0.3, -0.25) is 0 Å². The molecule has 4 rings (SSSR count). The summed E-state index contributed by atoms with van der Waals surface area (Å²) in [4.78, 5) is -0.110. The van der Waals surface area contributed by atoms with Crippen LogP contribution in [0.1, 0.15) is 281 Å². The van der Waals surface area contributed by atoms with Crippen molar-refractivity contribution >= 4 is 79.5 Å². The Morgan fingerprint density at radius 3 is 0.726 bits per heavy atom. The molecule has 0 heterocycles. The van der Waals surface area contributed by atoms with Crippen molar-refractivity contribution in [2.24, 2.45) is 0 Å². The number of hydrogen-bond donors (Lipinski definition) is 0. The van der Waals surface area contributed by atoms with Gasteiger partial charge in [-0.2, -0.15) is 0 Å². The van der Waals surface area contributed by atoms with E-state index in [-0.39, 0.29) is 47.5 Å². The summed E-state index contributed by atoms with van der Waals surface area (Å²) in [6.45, 7) is 9.00. The van der Waals surface area contributed by atoms with Crippen LogP contribution in [0, 0.1) is 0 Å². The van der Waals surface area contributed by atoms with E-state index in [2.05, 4.69) is 52.0 Å². The number of fused-ring (bicyclic) bond motifs is 2. The minimum absolute atomic E-state index is 0. The van der Waals surface area contributed by atoms with Gasteiger partial charge in [0.2, 0.25) is 0 Å². The fourth-order valence-corrected chi connectivity index (χ4v) is 12.0. The molecule has 0 aliphatic carbocycles. The van der Waals surface area contributed by atoms with Crippen molar-refractivity contribution in [2.75, 3.05) is 0 Å². The molecular weight excluding hydrogens is 969 g/mol. The Labute approximate surface area is 478 Å². The van der Waals surface area contributed by atoms with E-state index in [4.69, 9.17) is 0 Å². The molecule has 6 nitrogen and oxygen atoms in total. The molecule has 9 heteroatoms. The van der Waals surface area contributed by atoms with Crippen molar-refractivity contribution in [1.82, 2.24) is 0 Å². The van der Waals surface area contributed by atoms with Gasteiger partial charge in [0.05, 0.1) is 9.79 Å². The van der Waals surface area contributed by atoms with Crippen molar-refractivity contribution in [3.63, 3.8) is 0 Å². The van der Waals surface area contributed by atoms with Gasteiger partial charge in [0.15, 0.2) is 0 Å². The minimum atomic E-state index is -4.50. The molecule has 0 amide bonds. The van der Waals surface area contributed by atoms with Gasteiger partial charge in [-0.1, -0.05) is 282 Å². The largest absolute Gasteiger partial charge is 2.00 e. The Bertz CT molecular complexity index is 2090. The quantitative estimate of drug-likeness (QED) is 0.0248. The summed E-state index contributed by atoms with van der Waals surface area (Å²) in [5, 5.41) is 2.92. The van der Waals surface area contributed by atoms with Gasteiger partial charge in [0, 0.05) is 0 Å². The van der Waals surface area contributed by atoms with Crippen LogP contribution in [-0.4, -0.2) is 63.7 Å². The standard InChI is InChI=1S/2C32H52O3S.Ca/c2*1-3-5-7-9-11-13-15-17-19-21-28-23-24-31-30(25-28)26-29(27-32(31)36(33,34)35)22-20-18-16-14-12-10-8-6-4-2;/h2*23-27H,3-22H2,1-2H3,(H,33,34,35);/q;;+2/p-2. The van der Waals surface area contributed by atoms with Crippen LogP contribution < -0.4 is 0 Å². The molecule has 4 aromatic carbocycles. The molecule has 73 heavy (non-hydrogen) atoms. The van der Waals surface area contributed by atoms with Crippen LogP contribution >= 0.6 is 0 Å². The van der Waals surface area contributed by atoms with Gasteiger partial charge in [0.1, 0.15) is 20.2 Å². The van der Waals surface area contributed by atoms with Gasteiger partial charge in [0.25, 0.3) is 0 Å². The third kappa shape index (κ3) is 30.3. The van der Waals surface area contributed by atoms with Crippen molar-refractivity contribution < 1.29 is 25.9 Å². The molecule has 408 valence electrons. The van der Waals surface area contributed by atoms with Gasteiger partial charge in [-0.05, 0) is 107 Å². The van der Waals surface area contributed by atoms with E-state index < -0.39 is 20.2 Å². The SMILES string of the molecule is CCCCCCCCCCCc1ccc2c(S(=O)(=O)[O-])cc(CCCCCCCCCCC)cc2c1.CCCCCCCCCCCc1ccc2c(S(=O)(=O)[O-])cc(CCCCCCCCCCC)cc2c1.[Ca+2]. The Balaban J connectivity index is 0.000000493. The Morgan fingerprint density at radius 1 is 0.288 bits per heavy atom. The molecule has 0 saturated heterocycles. The van der Waals surface area contributed by atoms with E-state index in [0.29, 0.717) is 10.8 Å². The third-order valence-electron chi connectivity index (χ3n) is 14.9. The Hall–Kier alpha value is -1.52. The average Bonchev–Trinajstić information content (AvgIpc) is 3.35. The zero-order valence-electron chi connectivity index (χ0n) is 47.0. The van der Waals surface area contributed by atoms with E-state index in [9.17, 15) is 25.9 Å². The fraction of sp³-hybridized carbons (Fsp3) is 0.688. The Morgan fingerprint density at radius 2 is 0.493 bits per heavy atom. The summed E-state index contributed by atoms with van der Waals surface area (Å²) in [5.41, 5.74) is 4.42. The maximum Gasteiger partial charge on any atom is 2.00 e. The molecule has 0 aliphatic heterocycles. The summed E-state index contributed by atoms with van der Waals surface area (Å²) >= 11 is 0. The molecule has 0 fully saturated rings. The summed E-state index contributed by atoms with van der Waals surface area (Å²) in [7, 11) is -9.00. The molecule has 0 radical (unpaired) electrons. The maximum atomic E-state index is 12.0. The van der Waals surface area contributed by atoms with Crippen LogP contribution in [0.4, 0.5) is 0 Å². The van der Waals surface area contributed by atoms with E-state index in [1.807, 2.05) is 24.3 Å². The molecule has 0 bridgehead atoms. The predicted octanol–water partition coefficient (Wildman–Crippen LogP) is 19.4. The number of hydrogen-bond acceptors (Lipinski definition) is 6. The molecule has 0 aromatic heterocycles. The number of aryl methyl sites for hydroxylation is 4. The second kappa shape index (κ2) is 41.6. The minimum Gasteiger partial charge on any atom is -0.744 e.